The molecule has 3 nitrogen and oxygen atoms in total. The van der Waals surface area contributed by atoms with Crippen molar-refractivity contribution in [1.29, 1.82) is 0 Å². The molecule has 0 aromatic heterocycles. The zero-order valence-corrected chi connectivity index (χ0v) is 12.7. The van der Waals surface area contributed by atoms with Crippen molar-refractivity contribution in [3.8, 4) is 11.5 Å². The van der Waals surface area contributed by atoms with Gasteiger partial charge in [0.05, 0.1) is 6.61 Å². The Labute approximate surface area is 126 Å². The van der Waals surface area contributed by atoms with E-state index in [-0.39, 0.29) is 12.0 Å². The molecule has 0 amide bonds. The first-order valence-electron chi connectivity index (χ1n) is 7.33. The van der Waals surface area contributed by atoms with Gasteiger partial charge in [-0.3, -0.25) is 0 Å². The van der Waals surface area contributed by atoms with Gasteiger partial charge >= 0.3 is 0 Å². The van der Waals surface area contributed by atoms with Crippen LogP contribution in [-0.2, 0) is 0 Å². The highest BCUT2D eigenvalue weighted by molar-refractivity contribution is 5.49. The van der Waals surface area contributed by atoms with Gasteiger partial charge in [-0.15, -0.1) is 0 Å². The number of aliphatic hydroxyl groups is 1. The first-order chi connectivity index (χ1) is 10.1. The molecule has 0 bridgehead atoms. The van der Waals surface area contributed by atoms with Crippen LogP contribution in [0, 0.1) is 5.41 Å². The molecule has 0 fully saturated rings. The van der Waals surface area contributed by atoms with Gasteiger partial charge in [0.1, 0.15) is 11.5 Å². The summed E-state index contributed by atoms with van der Waals surface area (Å²) in [5.41, 5.74) is 0.896. The maximum atomic E-state index is 9.45. The summed E-state index contributed by atoms with van der Waals surface area (Å²) in [6.45, 7) is 5.07. The Hall–Kier alpha value is -2.00. The van der Waals surface area contributed by atoms with E-state index in [2.05, 4.69) is 19.2 Å². The average Bonchev–Trinajstić information content (AvgIpc) is 2.54. The third-order valence-electron chi connectivity index (χ3n) is 3.77. The van der Waals surface area contributed by atoms with E-state index in [4.69, 9.17) is 4.74 Å². The maximum Gasteiger partial charge on any atom is 0.129 e. The van der Waals surface area contributed by atoms with Crippen LogP contribution in [0.3, 0.4) is 0 Å². The standard InChI is InChI=1S/C18H23NO2/c1-3-18(2,14-20)13-19-15-8-7-11-17(12-15)21-16-9-5-4-6-10-16/h4-12,19-20H,3,13-14H2,1-2H3. The molecule has 2 aromatic carbocycles. The van der Waals surface area contributed by atoms with E-state index in [9.17, 15) is 5.11 Å². The second-order valence-electron chi connectivity index (χ2n) is 5.62. The van der Waals surface area contributed by atoms with Gasteiger partial charge in [0, 0.05) is 23.7 Å². The lowest BCUT2D eigenvalue weighted by molar-refractivity contribution is 0.149. The number of nitrogens with one attached hydrogen (secondary N) is 1. The lowest BCUT2D eigenvalue weighted by atomic mass is 9.88. The predicted octanol–water partition coefficient (Wildman–Crippen LogP) is 4.30. The van der Waals surface area contributed by atoms with Crippen LogP contribution < -0.4 is 10.1 Å². The van der Waals surface area contributed by atoms with Crippen molar-refractivity contribution in [2.75, 3.05) is 18.5 Å². The quantitative estimate of drug-likeness (QED) is 0.797. The third kappa shape index (κ3) is 4.50. The fourth-order valence-corrected chi connectivity index (χ4v) is 1.90. The third-order valence-corrected chi connectivity index (χ3v) is 3.77. The Balaban J connectivity index is 2.01. The van der Waals surface area contributed by atoms with Crippen LogP contribution in [0.15, 0.2) is 54.6 Å². The number of hydrogen-bond acceptors (Lipinski definition) is 3. The van der Waals surface area contributed by atoms with Crippen molar-refractivity contribution in [2.24, 2.45) is 5.41 Å². The average molecular weight is 285 g/mol. The Kier molecular flexibility index (Phi) is 5.23. The van der Waals surface area contributed by atoms with Gasteiger partial charge in [0.15, 0.2) is 0 Å². The fraction of sp³-hybridized carbons (Fsp3) is 0.333. The summed E-state index contributed by atoms with van der Waals surface area (Å²) < 4.78 is 5.81. The van der Waals surface area contributed by atoms with E-state index in [0.717, 1.165) is 30.2 Å². The number of benzene rings is 2. The first-order valence-corrected chi connectivity index (χ1v) is 7.33. The highest BCUT2D eigenvalue weighted by atomic mass is 16.5. The van der Waals surface area contributed by atoms with Crippen LogP contribution in [0.5, 0.6) is 11.5 Å². The normalized spacial score (nSPS) is 13.5. The lowest BCUT2D eigenvalue weighted by Gasteiger charge is -2.26. The second kappa shape index (κ2) is 7.14. The van der Waals surface area contributed by atoms with Crippen molar-refractivity contribution < 1.29 is 9.84 Å². The summed E-state index contributed by atoms with van der Waals surface area (Å²) in [6, 6.07) is 17.6. The van der Waals surface area contributed by atoms with Crippen LogP contribution in [0.2, 0.25) is 0 Å². The van der Waals surface area contributed by atoms with Crippen molar-refractivity contribution in [1.82, 2.24) is 0 Å². The molecule has 0 aliphatic carbocycles. The first kappa shape index (κ1) is 15.4. The van der Waals surface area contributed by atoms with E-state index in [0.29, 0.717) is 0 Å². The monoisotopic (exact) mass is 285 g/mol. The van der Waals surface area contributed by atoms with Crippen LogP contribution in [0.1, 0.15) is 20.3 Å². The molecule has 0 spiro atoms. The molecule has 0 aliphatic rings. The van der Waals surface area contributed by atoms with E-state index >= 15 is 0 Å². The molecule has 1 unspecified atom stereocenters. The van der Waals surface area contributed by atoms with E-state index in [1.165, 1.54) is 0 Å². The Bertz CT molecular complexity index is 550. The smallest absolute Gasteiger partial charge is 0.129 e. The highest BCUT2D eigenvalue weighted by Crippen LogP contribution is 2.25. The Morgan fingerprint density at radius 1 is 1.05 bits per heavy atom. The molecule has 0 saturated heterocycles. The SMILES string of the molecule is CCC(C)(CO)CNc1cccc(Oc2ccccc2)c1. The summed E-state index contributed by atoms with van der Waals surface area (Å²) in [6.07, 6.45) is 0.927. The minimum absolute atomic E-state index is 0.101. The Morgan fingerprint density at radius 3 is 2.43 bits per heavy atom. The molecule has 0 radical (unpaired) electrons. The zero-order valence-electron chi connectivity index (χ0n) is 12.7. The molecule has 2 N–H and O–H groups in total. The summed E-state index contributed by atoms with van der Waals surface area (Å²) in [5, 5.41) is 12.8. The molecule has 0 heterocycles. The van der Waals surface area contributed by atoms with Gasteiger partial charge in [0.25, 0.3) is 0 Å². The minimum Gasteiger partial charge on any atom is -0.457 e. The molecule has 21 heavy (non-hydrogen) atoms. The predicted molar refractivity (Wildman–Crippen MR) is 86.9 cm³/mol. The molecule has 3 heteroatoms. The molecule has 0 aliphatic heterocycles. The molecule has 112 valence electrons. The number of hydrogen-bond donors (Lipinski definition) is 2. The van der Waals surface area contributed by atoms with Gasteiger partial charge in [-0.25, -0.2) is 0 Å². The van der Waals surface area contributed by atoms with Gasteiger partial charge in [0.2, 0.25) is 0 Å². The van der Waals surface area contributed by atoms with Gasteiger partial charge in [-0.2, -0.15) is 0 Å². The number of anilines is 1. The van der Waals surface area contributed by atoms with Crippen molar-refractivity contribution in [2.45, 2.75) is 20.3 Å². The van der Waals surface area contributed by atoms with Gasteiger partial charge in [-0.05, 0) is 30.7 Å². The van der Waals surface area contributed by atoms with Crippen LogP contribution in [0.25, 0.3) is 0 Å². The van der Waals surface area contributed by atoms with Gasteiger partial charge < -0.3 is 15.2 Å². The molecule has 1 atom stereocenters. The molecule has 2 aromatic rings. The number of rotatable bonds is 7. The molecule has 2 rings (SSSR count). The van der Waals surface area contributed by atoms with Crippen molar-refractivity contribution in [3.63, 3.8) is 0 Å². The fourth-order valence-electron chi connectivity index (χ4n) is 1.90. The summed E-state index contributed by atoms with van der Waals surface area (Å²) >= 11 is 0. The minimum atomic E-state index is -0.101. The van der Waals surface area contributed by atoms with Gasteiger partial charge in [-0.1, -0.05) is 38.1 Å². The van der Waals surface area contributed by atoms with E-state index < -0.39 is 0 Å². The Morgan fingerprint density at radius 2 is 1.76 bits per heavy atom. The second-order valence-corrected chi connectivity index (χ2v) is 5.62. The van der Waals surface area contributed by atoms with E-state index in [1.54, 1.807) is 0 Å². The molecular formula is C18H23NO2. The van der Waals surface area contributed by atoms with Crippen molar-refractivity contribution in [3.05, 3.63) is 54.6 Å². The zero-order chi connectivity index (χ0) is 15.1. The van der Waals surface area contributed by atoms with E-state index in [1.807, 2.05) is 54.6 Å². The summed E-state index contributed by atoms with van der Waals surface area (Å²) in [7, 11) is 0. The topological polar surface area (TPSA) is 41.5 Å². The highest BCUT2D eigenvalue weighted by Gasteiger charge is 2.20. The number of aliphatic hydroxyl groups excluding tert-OH is 1. The van der Waals surface area contributed by atoms with Crippen molar-refractivity contribution >= 4 is 5.69 Å². The largest absolute Gasteiger partial charge is 0.457 e. The summed E-state index contributed by atoms with van der Waals surface area (Å²) in [5.74, 6) is 1.62. The lowest BCUT2D eigenvalue weighted by Crippen LogP contribution is -2.29. The van der Waals surface area contributed by atoms with Crippen LogP contribution in [0.4, 0.5) is 5.69 Å². The van der Waals surface area contributed by atoms with Crippen LogP contribution >= 0.6 is 0 Å². The summed E-state index contributed by atoms with van der Waals surface area (Å²) in [4.78, 5) is 0. The number of para-hydroxylation sites is 1. The molecular weight excluding hydrogens is 262 g/mol. The molecule has 0 saturated carbocycles. The maximum absolute atomic E-state index is 9.45. The number of ether oxygens (including phenoxy) is 1. The van der Waals surface area contributed by atoms with Crippen LogP contribution in [-0.4, -0.2) is 18.3 Å².